The summed E-state index contributed by atoms with van der Waals surface area (Å²) in [6, 6.07) is 0. The van der Waals surface area contributed by atoms with Crippen molar-refractivity contribution in [3.63, 3.8) is 0 Å². The number of phenolic OH excluding ortho intramolecular Hbond substituents is 1. The van der Waals surface area contributed by atoms with Crippen LogP contribution in [0.3, 0.4) is 0 Å². The lowest BCUT2D eigenvalue weighted by Crippen LogP contribution is -2.46. The van der Waals surface area contributed by atoms with E-state index in [2.05, 4.69) is 4.98 Å². The minimum Gasteiger partial charge on any atom is -0.507 e. The molecule has 4 heteroatoms. The molecule has 1 spiro atoms. The second kappa shape index (κ2) is 4.26. The summed E-state index contributed by atoms with van der Waals surface area (Å²) in [5, 5.41) is 10.4. The van der Waals surface area contributed by atoms with E-state index in [1.165, 1.54) is 12.8 Å². The molecule has 1 aliphatic carbocycles. The van der Waals surface area contributed by atoms with Crippen LogP contribution in [0.4, 0.5) is 0 Å². The number of fused-ring (bicyclic) bond motifs is 1. The smallest absolute Gasteiger partial charge is 0.181 e. The van der Waals surface area contributed by atoms with Gasteiger partial charge in [0.2, 0.25) is 0 Å². The fraction of sp³-hybridized carbons (Fsp3) is 0.471. The van der Waals surface area contributed by atoms with Gasteiger partial charge in [-0.15, -0.1) is 0 Å². The molecule has 1 saturated carbocycles. The van der Waals surface area contributed by atoms with Crippen LogP contribution in [0.1, 0.15) is 42.4 Å². The molecule has 0 atom stereocenters. The van der Waals surface area contributed by atoms with E-state index in [1.54, 1.807) is 6.20 Å². The Balaban J connectivity index is 1.95. The van der Waals surface area contributed by atoms with Gasteiger partial charge < -0.3 is 14.3 Å². The number of hydrogen-bond donors (Lipinski definition) is 1. The van der Waals surface area contributed by atoms with Gasteiger partial charge in [0.1, 0.15) is 17.1 Å². The van der Waals surface area contributed by atoms with Gasteiger partial charge in [0.05, 0.1) is 11.8 Å². The molecule has 0 bridgehead atoms. The summed E-state index contributed by atoms with van der Waals surface area (Å²) in [7, 11) is 0. The van der Waals surface area contributed by atoms with Gasteiger partial charge in [-0.2, -0.15) is 0 Å². The van der Waals surface area contributed by atoms with Gasteiger partial charge in [0.15, 0.2) is 12.2 Å². The Morgan fingerprint density at radius 1 is 1.19 bits per heavy atom. The molecule has 110 valence electrons. The Bertz CT molecular complexity index is 700. The number of nitrogens with zero attached hydrogens (tertiary/aromatic N) is 1. The van der Waals surface area contributed by atoms with Crippen LogP contribution < -0.4 is 4.74 Å². The van der Waals surface area contributed by atoms with Gasteiger partial charge in [-0.1, -0.05) is 0 Å². The zero-order valence-electron chi connectivity index (χ0n) is 12.4. The quantitative estimate of drug-likeness (QED) is 0.863. The Hall–Kier alpha value is -1.97. The topological polar surface area (TPSA) is 55.5 Å². The molecule has 1 aromatic carbocycles. The van der Waals surface area contributed by atoms with Gasteiger partial charge in [0.25, 0.3) is 0 Å². The average Bonchev–Trinajstić information content (AvgIpc) is 2.97. The van der Waals surface area contributed by atoms with Crippen molar-refractivity contribution >= 4 is 0 Å². The van der Waals surface area contributed by atoms with Crippen molar-refractivity contribution in [3.05, 3.63) is 29.3 Å². The number of ether oxygens (including phenoxy) is 1. The predicted octanol–water partition coefficient (Wildman–Crippen LogP) is 3.91. The first kappa shape index (κ1) is 12.7. The summed E-state index contributed by atoms with van der Waals surface area (Å²) in [4.78, 5) is 4.01. The van der Waals surface area contributed by atoms with Crippen LogP contribution in [-0.2, 0) is 6.42 Å². The van der Waals surface area contributed by atoms with Crippen LogP contribution in [0.15, 0.2) is 17.0 Å². The fourth-order valence-corrected chi connectivity index (χ4v) is 3.63. The van der Waals surface area contributed by atoms with Crippen molar-refractivity contribution in [2.45, 2.75) is 51.6 Å². The van der Waals surface area contributed by atoms with E-state index in [4.69, 9.17) is 9.15 Å². The van der Waals surface area contributed by atoms with Crippen LogP contribution >= 0.6 is 0 Å². The van der Waals surface area contributed by atoms with Crippen LogP contribution in [0.5, 0.6) is 11.5 Å². The maximum absolute atomic E-state index is 10.4. The molecule has 4 rings (SSSR count). The third-order valence-electron chi connectivity index (χ3n) is 5.13. The largest absolute Gasteiger partial charge is 0.507 e. The SMILES string of the molecule is Cc1c(O)c(C)c(-c2cnco2)c2c1CCC1(CCC1)O2. The minimum atomic E-state index is 0.0115. The fourth-order valence-electron chi connectivity index (χ4n) is 3.63. The van der Waals surface area contributed by atoms with E-state index in [1.807, 2.05) is 13.8 Å². The van der Waals surface area contributed by atoms with Gasteiger partial charge >= 0.3 is 0 Å². The number of oxazole rings is 1. The highest BCUT2D eigenvalue weighted by molar-refractivity contribution is 5.76. The predicted molar refractivity (Wildman–Crippen MR) is 78.6 cm³/mol. The zero-order chi connectivity index (χ0) is 14.6. The molecule has 0 amide bonds. The van der Waals surface area contributed by atoms with Gasteiger partial charge in [-0.3, -0.25) is 0 Å². The lowest BCUT2D eigenvalue weighted by atomic mass is 9.73. The summed E-state index contributed by atoms with van der Waals surface area (Å²) < 4.78 is 11.9. The third kappa shape index (κ3) is 1.71. The van der Waals surface area contributed by atoms with E-state index in [0.29, 0.717) is 11.5 Å². The first-order valence-electron chi connectivity index (χ1n) is 7.54. The number of hydrogen-bond acceptors (Lipinski definition) is 4. The van der Waals surface area contributed by atoms with Gasteiger partial charge in [-0.05, 0) is 51.5 Å². The first-order valence-corrected chi connectivity index (χ1v) is 7.54. The molecular formula is C17H19NO3. The highest BCUT2D eigenvalue weighted by atomic mass is 16.5. The van der Waals surface area contributed by atoms with E-state index in [0.717, 1.165) is 53.7 Å². The van der Waals surface area contributed by atoms with Crippen molar-refractivity contribution in [1.82, 2.24) is 4.98 Å². The van der Waals surface area contributed by atoms with E-state index < -0.39 is 0 Å². The Kier molecular flexibility index (Phi) is 2.59. The number of benzene rings is 1. The number of aromatic nitrogens is 1. The van der Waals surface area contributed by atoms with Gasteiger partial charge in [-0.25, -0.2) is 4.98 Å². The molecule has 21 heavy (non-hydrogen) atoms. The highest BCUT2D eigenvalue weighted by Crippen LogP contribution is 2.52. The molecule has 1 aliphatic heterocycles. The Labute approximate surface area is 123 Å². The molecule has 0 saturated heterocycles. The van der Waals surface area contributed by atoms with E-state index in [-0.39, 0.29) is 5.60 Å². The van der Waals surface area contributed by atoms with Crippen molar-refractivity contribution in [3.8, 4) is 22.8 Å². The van der Waals surface area contributed by atoms with Crippen LogP contribution in [0.2, 0.25) is 0 Å². The van der Waals surface area contributed by atoms with Crippen LogP contribution in [0.25, 0.3) is 11.3 Å². The summed E-state index contributed by atoms with van der Waals surface area (Å²) in [6.45, 7) is 3.87. The van der Waals surface area contributed by atoms with Crippen LogP contribution in [0, 0.1) is 13.8 Å². The third-order valence-corrected chi connectivity index (χ3v) is 5.13. The maximum Gasteiger partial charge on any atom is 0.181 e. The molecule has 2 aromatic rings. The molecule has 0 unspecified atom stereocenters. The summed E-state index contributed by atoms with van der Waals surface area (Å²) in [5.41, 5.74) is 3.72. The Morgan fingerprint density at radius 3 is 2.62 bits per heavy atom. The lowest BCUT2D eigenvalue weighted by Gasteiger charge is -2.46. The summed E-state index contributed by atoms with van der Waals surface area (Å²) >= 11 is 0. The lowest BCUT2D eigenvalue weighted by molar-refractivity contribution is -0.0247. The second-order valence-electron chi connectivity index (χ2n) is 6.29. The van der Waals surface area contributed by atoms with E-state index in [9.17, 15) is 5.11 Å². The first-order chi connectivity index (χ1) is 10.1. The molecule has 4 nitrogen and oxygen atoms in total. The normalized spacial score (nSPS) is 19.0. The maximum atomic E-state index is 10.4. The second-order valence-corrected chi connectivity index (χ2v) is 6.29. The number of phenols is 1. The van der Waals surface area contributed by atoms with Crippen molar-refractivity contribution < 1.29 is 14.3 Å². The molecular weight excluding hydrogens is 266 g/mol. The Morgan fingerprint density at radius 2 is 2.00 bits per heavy atom. The zero-order valence-corrected chi connectivity index (χ0v) is 12.4. The number of rotatable bonds is 1. The van der Waals surface area contributed by atoms with Crippen molar-refractivity contribution in [2.75, 3.05) is 0 Å². The molecule has 0 radical (unpaired) electrons. The average molecular weight is 285 g/mol. The standard InChI is InChI=1S/C17H19NO3/c1-10-12-4-7-17(5-3-6-17)21-16(12)14(11(2)15(10)19)13-8-18-9-20-13/h8-9,19H,3-7H2,1-2H3. The summed E-state index contributed by atoms with van der Waals surface area (Å²) in [6.07, 6.45) is 8.59. The molecule has 1 fully saturated rings. The molecule has 2 aliphatic rings. The number of aromatic hydroxyl groups is 1. The monoisotopic (exact) mass is 285 g/mol. The highest BCUT2D eigenvalue weighted by Gasteiger charge is 2.43. The molecule has 1 aromatic heterocycles. The van der Waals surface area contributed by atoms with E-state index >= 15 is 0 Å². The summed E-state index contributed by atoms with van der Waals surface area (Å²) in [5.74, 6) is 1.90. The minimum absolute atomic E-state index is 0.0115. The van der Waals surface area contributed by atoms with Crippen LogP contribution in [-0.4, -0.2) is 15.7 Å². The molecule has 1 N–H and O–H groups in total. The van der Waals surface area contributed by atoms with Crippen molar-refractivity contribution in [2.24, 2.45) is 0 Å². The van der Waals surface area contributed by atoms with Gasteiger partial charge in [0, 0.05) is 11.1 Å². The molecule has 2 heterocycles. The van der Waals surface area contributed by atoms with Crippen molar-refractivity contribution in [1.29, 1.82) is 0 Å².